The lowest BCUT2D eigenvalue weighted by molar-refractivity contribution is 0.372. The maximum atomic E-state index is 13.8. The molecule has 2 heterocycles. The van der Waals surface area contributed by atoms with E-state index in [1.807, 2.05) is 25.1 Å². The standard InChI is InChI=1S/C18H15F2N5O/c1-10-8-21-18(24-14-6-11(19)2-4-13(14)20)25-17(10)23-12-3-5-16-15(7-12)22-9-26-16/h2-8,22H,9H2,1H3,(H2,21,23,24,25). The van der Waals surface area contributed by atoms with Gasteiger partial charge in [-0.3, -0.25) is 0 Å². The van der Waals surface area contributed by atoms with E-state index in [-0.39, 0.29) is 11.6 Å². The first-order valence-electron chi connectivity index (χ1n) is 7.92. The van der Waals surface area contributed by atoms with Crippen molar-refractivity contribution in [1.82, 2.24) is 9.97 Å². The molecule has 132 valence electrons. The first-order chi connectivity index (χ1) is 12.6. The van der Waals surface area contributed by atoms with E-state index in [2.05, 4.69) is 25.9 Å². The SMILES string of the molecule is Cc1cnc(Nc2cc(F)ccc2F)nc1Nc1ccc2c(c1)NCO2. The highest BCUT2D eigenvalue weighted by atomic mass is 19.1. The van der Waals surface area contributed by atoms with Crippen LogP contribution < -0.4 is 20.7 Å². The normalized spacial score (nSPS) is 12.1. The van der Waals surface area contributed by atoms with Gasteiger partial charge in [0, 0.05) is 23.5 Å². The van der Waals surface area contributed by atoms with Crippen molar-refractivity contribution >= 4 is 28.8 Å². The number of fused-ring (bicyclic) bond motifs is 1. The van der Waals surface area contributed by atoms with Gasteiger partial charge in [0.2, 0.25) is 5.95 Å². The Labute approximate surface area is 148 Å². The molecule has 0 radical (unpaired) electrons. The van der Waals surface area contributed by atoms with Gasteiger partial charge in [0.25, 0.3) is 0 Å². The van der Waals surface area contributed by atoms with E-state index < -0.39 is 11.6 Å². The molecule has 0 amide bonds. The molecule has 1 aromatic heterocycles. The fourth-order valence-electron chi connectivity index (χ4n) is 2.54. The molecule has 1 aliphatic rings. The lowest BCUT2D eigenvalue weighted by atomic mass is 10.2. The third-order valence-corrected chi connectivity index (χ3v) is 3.88. The molecule has 0 atom stereocenters. The Hall–Kier alpha value is -3.42. The zero-order valence-corrected chi connectivity index (χ0v) is 13.8. The van der Waals surface area contributed by atoms with Crippen LogP contribution in [-0.4, -0.2) is 16.7 Å². The minimum Gasteiger partial charge on any atom is -0.471 e. The van der Waals surface area contributed by atoms with E-state index in [0.717, 1.165) is 40.9 Å². The van der Waals surface area contributed by atoms with Crippen LogP contribution in [0.5, 0.6) is 5.75 Å². The van der Waals surface area contributed by atoms with Gasteiger partial charge in [-0.1, -0.05) is 0 Å². The molecule has 1 aliphatic heterocycles. The first kappa shape index (κ1) is 16.1. The van der Waals surface area contributed by atoms with Crippen molar-refractivity contribution in [2.45, 2.75) is 6.92 Å². The molecule has 0 bridgehead atoms. The van der Waals surface area contributed by atoms with Gasteiger partial charge in [-0.25, -0.2) is 13.8 Å². The van der Waals surface area contributed by atoms with E-state index in [0.29, 0.717) is 12.5 Å². The second-order valence-corrected chi connectivity index (χ2v) is 5.78. The van der Waals surface area contributed by atoms with E-state index in [1.54, 1.807) is 6.20 Å². The lowest BCUT2D eigenvalue weighted by Gasteiger charge is -2.12. The van der Waals surface area contributed by atoms with Crippen molar-refractivity contribution < 1.29 is 13.5 Å². The number of hydrogen-bond acceptors (Lipinski definition) is 6. The van der Waals surface area contributed by atoms with Crippen LogP contribution in [-0.2, 0) is 0 Å². The largest absolute Gasteiger partial charge is 0.471 e. The predicted octanol–water partition coefficient (Wildman–Crippen LogP) is 4.31. The van der Waals surface area contributed by atoms with Crippen LogP contribution in [0.3, 0.4) is 0 Å². The van der Waals surface area contributed by atoms with Crippen molar-refractivity contribution in [2.75, 3.05) is 22.7 Å². The Balaban J connectivity index is 1.59. The highest BCUT2D eigenvalue weighted by molar-refractivity contribution is 5.70. The van der Waals surface area contributed by atoms with Gasteiger partial charge in [0.1, 0.15) is 23.2 Å². The summed E-state index contributed by atoms with van der Waals surface area (Å²) in [4.78, 5) is 8.47. The number of nitrogens with zero attached hydrogens (tertiary/aromatic N) is 2. The maximum absolute atomic E-state index is 13.8. The third kappa shape index (κ3) is 3.21. The summed E-state index contributed by atoms with van der Waals surface area (Å²) in [5.74, 6) is 0.365. The lowest BCUT2D eigenvalue weighted by Crippen LogP contribution is -2.04. The Morgan fingerprint density at radius 3 is 2.88 bits per heavy atom. The topological polar surface area (TPSA) is 71.1 Å². The number of aryl methyl sites for hydroxylation is 1. The van der Waals surface area contributed by atoms with Gasteiger partial charge in [0.15, 0.2) is 6.73 Å². The summed E-state index contributed by atoms with van der Waals surface area (Å²) < 4.78 is 32.5. The zero-order valence-electron chi connectivity index (χ0n) is 13.8. The van der Waals surface area contributed by atoms with Crippen LogP contribution in [0.15, 0.2) is 42.6 Å². The summed E-state index contributed by atoms with van der Waals surface area (Å²) >= 11 is 0. The van der Waals surface area contributed by atoms with Gasteiger partial charge in [-0.05, 0) is 37.3 Å². The van der Waals surface area contributed by atoms with E-state index in [9.17, 15) is 8.78 Å². The van der Waals surface area contributed by atoms with Gasteiger partial charge < -0.3 is 20.7 Å². The maximum Gasteiger partial charge on any atom is 0.229 e. The first-order valence-corrected chi connectivity index (χ1v) is 7.92. The summed E-state index contributed by atoms with van der Waals surface area (Å²) in [5, 5.41) is 9.01. The Morgan fingerprint density at radius 1 is 1.12 bits per heavy atom. The predicted molar refractivity (Wildman–Crippen MR) is 95.3 cm³/mol. The molecular formula is C18H15F2N5O. The van der Waals surface area contributed by atoms with Crippen LogP contribution in [0, 0.1) is 18.6 Å². The van der Waals surface area contributed by atoms with Crippen molar-refractivity contribution in [2.24, 2.45) is 0 Å². The van der Waals surface area contributed by atoms with Crippen molar-refractivity contribution in [1.29, 1.82) is 0 Å². The molecule has 0 fully saturated rings. The van der Waals surface area contributed by atoms with Crippen molar-refractivity contribution in [3.05, 3.63) is 59.8 Å². The molecule has 26 heavy (non-hydrogen) atoms. The van der Waals surface area contributed by atoms with Gasteiger partial charge >= 0.3 is 0 Å². The summed E-state index contributed by atoms with van der Waals surface area (Å²) in [5.41, 5.74) is 2.48. The highest BCUT2D eigenvalue weighted by Crippen LogP contribution is 2.33. The number of halogens is 2. The number of ether oxygens (including phenoxy) is 1. The molecular weight excluding hydrogens is 340 g/mol. The average Bonchev–Trinajstić information content (AvgIpc) is 3.09. The summed E-state index contributed by atoms with van der Waals surface area (Å²) in [6.45, 7) is 2.29. The molecule has 2 aromatic carbocycles. The van der Waals surface area contributed by atoms with Gasteiger partial charge in [0.05, 0.1) is 11.4 Å². The molecule has 3 N–H and O–H groups in total. The summed E-state index contributed by atoms with van der Waals surface area (Å²) in [7, 11) is 0. The van der Waals surface area contributed by atoms with E-state index in [4.69, 9.17) is 4.74 Å². The van der Waals surface area contributed by atoms with Crippen LogP contribution in [0.25, 0.3) is 0 Å². The molecule has 0 aliphatic carbocycles. The Bertz CT molecular complexity index is 980. The zero-order chi connectivity index (χ0) is 18.1. The summed E-state index contributed by atoms with van der Waals surface area (Å²) in [6, 6.07) is 8.78. The molecule has 0 saturated heterocycles. The van der Waals surface area contributed by atoms with Crippen molar-refractivity contribution in [3.63, 3.8) is 0 Å². The van der Waals surface area contributed by atoms with Gasteiger partial charge in [-0.2, -0.15) is 4.98 Å². The molecule has 0 saturated carbocycles. The number of benzene rings is 2. The highest BCUT2D eigenvalue weighted by Gasteiger charge is 2.13. The Kier molecular flexibility index (Phi) is 4.00. The number of anilines is 5. The van der Waals surface area contributed by atoms with Gasteiger partial charge in [-0.15, -0.1) is 0 Å². The number of rotatable bonds is 4. The van der Waals surface area contributed by atoms with Crippen LogP contribution in [0.4, 0.5) is 37.6 Å². The quantitative estimate of drug-likeness (QED) is 0.648. The molecule has 4 rings (SSSR count). The fourth-order valence-corrected chi connectivity index (χ4v) is 2.54. The molecule has 0 unspecified atom stereocenters. The summed E-state index contributed by atoms with van der Waals surface area (Å²) in [6.07, 6.45) is 1.60. The molecule has 0 spiro atoms. The number of aromatic nitrogens is 2. The molecule has 6 nitrogen and oxygen atoms in total. The van der Waals surface area contributed by atoms with Crippen LogP contribution in [0.2, 0.25) is 0 Å². The van der Waals surface area contributed by atoms with Crippen LogP contribution >= 0.6 is 0 Å². The van der Waals surface area contributed by atoms with E-state index in [1.165, 1.54) is 0 Å². The van der Waals surface area contributed by atoms with Crippen LogP contribution in [0.1, 0.15) is 5.56 Å². The second kappa shape index (κ2) is 6.47. The smallest absolute Gasteiger partial charge is 0.229 e. The minimum atomic E-state index is -0.588. The number of nitrogens with one attached hydrogen (secondary N) is 3. The molecule has 8 heteroatoms. The number of hydrogen-bond donors (Lipinski definition) is 3. The fraction of sp³-hybridized carbons (Fsp3) is 0.111. The molecule has 3 aromatic rings. The average molecular weight is 355 g/mol. The second-order valence-electron chi connectivity index (χ2n) is 5.78. The van der Waals surface area contributed by atoms with E-state index >= 15 is 0 Å². The third-order valence-electron chi connectivity index (χ3n) is 3.88. The monoisotopic (exact) mass is 355 g/mol. The van der Waals surface area contributed by atoms with Crippen molar-refractivity contribution in [3.8, 4) is 5.75 Å². The Morgan fingerprint density at radius 2 is 2.00 bits per heavy atom. The minimum absolute atomic E-state index is 0.0290.